The molecule has 0 radical (unpaired) electrons. The highest BCUT2D eigenvalue weighted by Crippen LogP contribution is 2.17. The van der Waals surface area contributed by atoms with Crippen LogP contribution in [0.4, 0.5) is 5.69 Å². The maximum atomic E-state index is 12.3. The predicted molar refractivity (Wildman–Crippen MR) is 110 cm³/mol. The molecule has 1 unspecified atom stereocenters. The largest absolute Gasteiger partial charge is 0.375 e. The number of benzene rings is 2. The second-order valence-electron chi connectivity index (χ2n) is 6.83. The van der Waals surface area contributed by atoms with Gasteiger partial charge in [-0.05, 0) is 31.0 Å². The first-order valence-corrected chi connectivity index (χ1v) is 9.32. The zero-order valence-electron chi connectivity index (χ0n) is 16.4. The zero-order chi connectivity index (χ0) is 19.6. The Labute approximate surface area is 161 Å². The monoisotopic (exact) mass is 367 g/mol. The Morgan fingerprint density at radius 1 is 1.04 bits per heavy atom. The van der Waals surface area contributed by atoms with Gasteiger partial charge in [0, 0.05) is 32.7 Å². The molecule has 5 nitrogen and oxygen atoms in total. The number of nitrogens with zero attached hydrogens (tertiary/aromatic N) is 1. The van der Waals surface area contributed by atoms with Crippen molar-refractivity contribution in [2.75, 3.05) is 25.0 Å². The average Bonchev–Trinajstić information content (AvgIpc) is 2.65. The highest BCUT2D eigenvalue weighted by atomic mass is 16.2. The Bertz CT molecular complexity index is 729. The molecule has 0 saturated carbocycles. The summed E-state index contributed by atoms with van der Waals surface area (Å²) in [5.41, 5.74) is 3.25. The van der Waals surface area contributed by atoms with Crippen molar-refractivity contribution in [3.8, 4) is 0 Å². The number of carbonyl (C=O) groups is 2. The third kappa shape index (κ3) is 7.13. The molecule has 1 atom stereocenters. The topological polar surface area (TPSA) is 61.4 Å². The van der Waals surface area contributed by atoms with Crippen molar-refractivity contribution in [3.05, 3.63) is 65.7 Å². The fourth-order valence-electron chi connectivity index (χ4n) is 2.91. The SMILES string of the molecule is CC(=O)NC(CC(=O)NCCCN(C)c1ccccc1)c1ccc(C)cc1. The van der Waals surface area contributed by atoms with E-state index in [2.05, 4.69) is 27.7 Å². The van der Waals surface area contributed by atoms with Crippen LogP contribution >= 0.6 is 0 Å². The number of aryl methyl sites for hydroxylation is 1. The van der Waals surface area contributed by atoms with Crippen LogP contribution in [0.1, 0.15) is 36.9 Å². The number of hydrogen-bond donors (Lipinski definition) is 2. The minimum atomic E-state index is -0.310. The van der Waals surface area contributed by atoms with Crippen LogP contribution in [-0.2, 0) is 9.59 Å². The first-order chi connectivity index (χ1) is 13.0. The van der Waals surface area contributed by atoms with Gasteiger partial charge in [0.25, 0.3) is 0 Å². The molecule has 0 aliphatic rings. The van der Waals surface area contributed by atoms with Crippen LogP contribution in [0.3, 0.4) is 0 Å². The first kappa shape index (κ1) is 20.5. The van der Waals surface area contributed by atoms with Gasteiger partial charge in [0.2, 0.25) is 11.8 Å². The lowest BCUT2D eigenvalue weighted by Crippen LogP contribution is -2.33. The summed E-state index contributed by atoms with van der Waals surface area (Å²) >= 11 is 0. The maximum absolute atomic E-state index is 12.3. The molecule has 0 saturated heterocycles. The molecule has 0 bridgehead atoms. The molecule has 2 rings (SSSR count). The Morgan fingerprint density at radius 3 is 2.33 bits per heavy atom. The van der Waals surface area contributed by atoms with Crippen molar-refractivity contribution in [2.45, 2.75) is 32.7 Å². The van der Waals surface area contributed by atoms with E-state index in [4.69, 9.17) is 0 Å². The molecule has 0 fully saturated rings. The van der Waals surface area contributed by atoms with Crippen molar-refractivity contribution in [1.82, 2.24) is 10.6 Å². The van der Waals surface area contributed by atoms with E-state index in [1.807, 2.05) is 56.4 Å². The molecule has 144 valence electrons. The molecule has 27 heavy (non-hydrogen) atoms. The quantitative estimate of drug-likeness (QED) is 0.669. The fraction of sp³-hybridized carbons (Fsp3) is 0.364. The Morgan fingerprint density at radius 2 is 1.70 bits per heavy atom. The molecule has 5 heteroatoms. The second kappa shape index (κ2) is 10.4. The van der Waals surface area contributed by atoms with Crippen LogP contribution in [0.25, 0.3) is 0 Å². The van der Waals surface area contributed by atoms with E-state index in [1.54, 1.807) is 0 Å². The summed E-state index contributed by atoms with van der Waals surface area (Å²) in [5.74, 6) is -0.199. The van der Waals surface area contributed by atoms with Crippen LogP contribution in [-0.4, -0.2) is 32.0 Å². The van der Waals surface area contributed by atoms with Crippen molar-refractivity contribution in [2.24, 2.45) is 0 Å². The molecule has 0 heterocycles. The molecule has 2 aromatic carbocycles. The number of carbonyl (C=O) groups excluding carboxylic acids is 2. The molecule has 0 aliphatic carbocycles. The van der Waals surface area contributed by atoms with Gasteiger partial charge in [-0.1, -0.05) is 48.0 Å². The summed E-state index contributed by atoms with van der Waals surface area (Å²) in [4.78, 5) is 26.0. The summed E-state index contributed by atoms with van der Waals surface area (Å²) < 4.78 is 0. The number of para-hydroxylation sites is 1. The van der Waals surface area contributed by atoms with Crippen LogP contribution in [0.2, 0.25) is 0 Å². The zero-order valence-corrected chi connectivity index (χ0v) is 16.4. The summed E-state index contributed by atoms with van der Waals surface area (Å²) in [7, 11) is 2.04. The third-order valence-electron chi connectivity index (χ3n) is 4.44. The highest BCUT2D eigenvalue weighted by molar-refractivity contribution is 5.79. The van der Waals surface area contributed by atoms with Gasteiger partial charge in [-0.15, -0.1) is 0 Å². The van der Waals surface area contributed by atoms with Crippen LogP contribution < -0.4 is 15.5 Å². The lowest BCUT2D eigenvalue weighted by atomic mass is 10.0. The molecule has 0 aromatic heterocycles. The van der Waals surface area contributed by atoms with Gasteiger partial charge >= 0.3 is 0 Å². The molecular weight excluding hydrogens is 338 g/mol. The molecule has 0 spiro atoms. The van der Waals surface area contributed by atoms with Crippen LogP contribution in [0.15, 0.2) is 54.6 Å². The molecule has 2 aromatic rings. The lowest BCUT2D eigenvalue weighted by molar-refractivity contribution is -0.122. The van der Waals surface area contributed by atoms with Gasteiger partial charge in [0.1, 0.15) is 0 Å². The second-order valence-corrected chi connectivity index (χ2v) is 6.83. The van der Waals surface area contributed by atoms with E-state index in [0.29, 0.717) is 6.54 Å². The molecule has 2 amide bonds. The van der Waals surface area contributed by atoms with E-state index >= 15 is 0 Å². The first-order valence-electron chi connectivity index (χ1n) is 9.32. The Balaban J connectivity index is 1.79. The summed E-state index contributed by atoms with van der Waals surface area (Å²) in [6, 6.07) is 17.7. The van der Waals surface area contributed by atoms with E-state index in [9.17, 15) is 9.59 Å². The van der Waals surface area contributed by atoms with Crippen molar-refractivity contribution >= 4 is 17.5 Å². The summed E-state index contributed by atoms with van der Waals surface area (Å²) in [6.45, 7) is 4.95. The fourth-order valence-corrected chi connectivity index (χ4v) is 2.91. The van der Waals surface area contributed by atoms with E-state index in [0.717, 1.165) is 29.8 Å². The lowest BCUT2D eigenvalue weighted by Gasteiger charge is -2.20. The summed E-state index contributed by atoms with van der Waals surface area (Å²) in [6.07, 6.45) is 1.09. The van der Waals surface area contributed by atoms with Gasteiger partial charge in [0.15, 0.2) is 0 Å². The smallest absolute Gasteiger partial charge is 0.222 e. The minimum Gasteiger partial charge on any atom is -0.375 e. The highest BCUT2D eigenvalue weighted by Gasteiger charge is 2.16. The molecular formula is C22H29N3O2. The van der Waals surface area contributed by atoms with E-state index in [-0.39, 0.29) is 24.3 Å². The maximum Gasteiger partial charge on any atom is 0.222 e. The number of anilines is 1. The van der Waals surface area contributed by atoms with Gasteiger partial charge in [-0.2, -0.15) is 0 Å². The predicted octanol–water partition coefficient (Wildman–Crippen LogP) is 3.21. The third-order valence-corrected chi connectivity index (χ3v) is 4.44. The van der Waals surface area contributed by atoms with Gasteiger partial charge in [-0.3, -0.25) is 9.59 Å². The normalized spacial score (nSPS) is 11.5. The van der Waals surface area contributed by atoms with Crippen molar-refractivity contribution in [3.63, 3.8) is 0 Å². The Kier molecular flexibility index (Phi) is 7.86. The number of hydrogen-bond acceptors (Lipinski definition) is 3. The van der Waals surface area contributed by atoms with Crippen molar-refractivity contribution < 1.29 is 9.59 Å². The van der Waals surface area contributed by atoms with Crippen LogP contribution in [0, 0.1) is 6.92 Å². The van der Waals surface area contributed by atoms with E-state index < -0.39 is 0 Å². The molecule has 0 aliphatic heterocycles. The van der Waals surface area contributed by atoms with Crippen molar-refractivity contribution in [1.29, 1.82) is 0 Å². The minimum absolute atomic E-state index is 0.0586. The summed E-state index contributed by atoms with van der Waals surface area (Å²) in [5, 5.41) is 5.83. The molecule has 2 N–H and O–H groups in total. The van der Waals surface area contributed by atoms with Gasteiger partial charge in [0.05, 0.1) is 12.5 Å². The van der Waals surface area contributed by atoms with Gasteiger partial charge in [-0.25, -0.2) is 0 Å². The number of rotatable bonds is 9. The number of nitrogens with one attached hydrogen (secondary N) is 2. The van der Waals surface area contributed by atoms with Crippen LogP contribution in [0.5, 0.6) is 0 Å². The number of amides is 2. The van der Waals surface area contributed by atoms with Gasteiger partial charge < -0.3 is 15.5 Å². The standard InChI is InChI=1S/C22H29N3O2/c1-17-10-12-19(13-11-17)21(24-18(2)26)16-22(27)23-14-7-15-25(3)20-8-5-4-6-9-20/h4-6,8-13,21H,7,14-16H2,1-3H3,(H,23,27)(H,24,26). The Hall–Kier alpha value is -2.82. The average molecular weight is 367 g/mol. The van der Waals surface area contributed by atoms with E-state index in [1.165, 1.54) is 6.92 Å².